The summed E-state index contributed by atoms with van der Waals surface area (Å²) < 4.78 is 10.4. The van der Waals surface area contributed by atoms with Gasteiger partial charge in [0, 0.05) is 6.07 Å². The van der Waals surface area contributed by atoms with Gasteiger partial charge in [0.05, 0.1) is 6.61 Å². The van der Waals surface area contributed by atoms with Gasteiger partial charge in [0.1, 0.15) is 11.3 Å². The molecule has 2 rings (SSSR count). The van der Waals surface area contributed by atoms with Crippen LogP contribution in [0.1, 0.15) is 17.6 Å². The zero-order chi connectivity index (χ0) is 10.8. The standard InChI is InChI=1S/C10H10N2O3/c1-2-14-6-3-4-7-8(5-6)15-10(12-7)9(11)13/h3-5H,2H2,1H3,(H2,11,13). The third kappa shape index (κ3) is 1.76. The van der Waals surface area contributed by atoms with Crippen molar-refractivity contribution in [1.82, 2.24) is 4.98 Å². The Morgan fingerprint density at radius 1 is 1.60 bits per heavy atom. The maximum Gasteiger partial charge on any atom is 0.304 e. The van der Waals surface area contributed by atoms with Gasteiger partial charge in [-0.1, -0.05) is 0 Å². The van der Waals surface area contributed by atoms with Gasteiger partial charge in [-0.3, -0.25) is 4.79 Å². The van der Waals surface area contributed by atoms with Crippen LogP contribution in [0.3, 0.4) is 0 Å². The lowest BCUT2D eigenvalue weighted by Crippen LogP contribution is -2.10. The fourth-order valence-electron chi connectivity index (χ4n) is 1.27. The van der Waals surface area contributed by atoms with E-state index in [4.69, 9.17) is 14.9 Å². The molecule has 0 spiro atoms. The Morgan fingerprint density at radius 2 is 2.40 bits per heavy atom. The number of ether oxygens (including phenoxy) is 1. The van der Waals surface area contributed by atoms with Crippen LogP contribution in [0.2, 0.25) is 0 Å². The van der Waals surface area contributed by atoms with Crippen molar-refractivity contribution in [2.75, 3.05) is 6.61 Å². The summed E-state index contributed by atoms with van der Waals surface area (Å²) >= 11 is 0. The number of rotatable bonds is 3. The van der Waals surface area contributed by atoms with Crippen LogP contribution >= 0.6 is 0 Å². The maximum atomic E-state index is 10.8. The number of carbonyl (C=O) groups excluding carboxylic acids is 1. The summed E-state index contributed by atoms with van der Waals surface area (Å²) in [5.41, 5.74) is 6.13. The fraction of sp³-hybridized carbons (Fsp3) is 0.200. The normalized spacial score (nSPS) is 10.5. The van der Waals surface area contributed by atoms with Crippen LogP contribution in [-0.4, -0.2) is 17.5 Å². The van der Waals surface area contributed by atoms with E-state index in [1.807, 2.05) is 6.92 Å². The minimum absolute atomic E-state index is 0.0846. The smallest absolute Gasteiger partial charge is 0.304 e. The van der Waals surface area contributed by atoms with Crippen molar-refractivity contribution >= 4 is 17.0 Å². The number of hydrogen-bond donors (Lipinski definition) is 1. The number of nitrogens with zero attached hydrogens (tertiary/aromatic N) is 1. The lowest BCUT2D eigenvalue weighted by atomic mass is 10.3. The zero-order valence-corrected chi connectivity index (χ0v) is 8.19. The van der Waals surface area contributed by atoms with Crippen LogP contribution in [0.4, 0.5) is 0 Å². The van der Waals surface area contributed by atoms with Crippen molar-refractivity contribution in [2.45, 2.75) is 6.92 Å². The Balaban J connectivity index is 2.47. The molecule has 15 heavy (non-hydrogen) atoms. The van der Waals surface area contributed by atoms with Crippen molar-refractivity contribution in [1.29, 1.82) is 0 Å². The lowest BCUT2D eigenvalue weighted by Gasteiger charge is -2.00. The van der Waals surface area contributed by atoms with Gasteiger partial charge in [0.2, 0.25) is 0 Å². The van der Waals surface area contributed by atoms with Crippen molar-refractivity contribution in [2.24, 2.45) is 5.73 Å². The van der Waals surface area contributed by atoms with E-state index in [-0.39, 0.29) is 5.89 Å². The van der Waals surface area contributed by atoms with Gasteiger partial charge in [-0.05, 0) is 19.1 Å². The monoisotopic (exact) mass is 206 g/mol. The van der Waals surface area contributed by atoms with Crippen LogP contribution < -0.4 is 10.5 Å². The molecule has 0 aliphatic heterocycles. The molecular formula is C10H10N2O3. The molecule has 0 fully saturated rings. The lowest BCUT2D eigenvalue weighted by molar-refractivity contribution is 0.0969. The minimum Gasteiger partial charge on any atom is -0.494 e. The van der Waals surface area contributed by atoms with Gasteiger partial charge in [-0.2, -0.15) is 0 Å². The molecule has 2 N–H and O–H groups in total. The Hall–Kier alpha value is -2.04. The summed E-state index contributed by atoms with van der Waals surface area (Å²) in [6, 6.07) is 5.16. The molecule has 0 atom stereocenters. The van der Waals surface area contributed by atoms with Gasteiger partial charge in [0.25, 0.3) is 5.89 Å². The van der Waals surface area contributed by atoms with E-state index in [2.05, 4.69) is 4.98 Å². The first-order valence-corrected chi connectivity index (χ1v) is 4.54. The number of benzene rings is 1. The average molecular weight is 206 g/mol. The summed E-state index contributed by atoms with van der Waals surface area (Å²) in [6.45, 7) is 2.46. The van der Waals surface area contributed by atoms with E-state index < -0.39 is 5.91 Å². The highest BCUT2D eigenvalue weighted by molar-refractivity contribution is 5.91. The first-order valence-electron chi connectivity index (χ1n) is 4.54. The molecule has 0 unspecified atom stereocenters. The number of amides is 1. The Bertz CT molecular complexity index is 504. The van der Waals surface area contributed by atoms with E-state index in [9.17, 15) is 4.79 Å². The average Bonchev–Trinajstić information content (AvgIpc) is 2.61. The Morgan fingerprint density at radius 3 is 3.07 bits per heavy atom. The predicted molar refractivity (Wildman–Crippen MR) is 53.7 cm³/mol. The van der Waals surface area contributed by atoms with E-state index in [0.29, 0.717) is 23.5 Å². The van der Waals surface area contributed by atoms with Gasteiger partial charge in [0.15, 0.2) is 5.58 Å². The third-order valence-corrected chi connectivity index (χ3v) is 1.88. The number of hydrogen-bond acceptors (Lipinski definition) is 4. The van der Waals surface area contributed by atoms with Crippen LogP contribution in [0.5, 0.6) is 5.75 Å². The predicted octanol–water partition coefficient (Wildman–Crippen LogP) is 1.33. The van der Waals surface area contributed by atoms with E-state index in [1.165, 1.54) is 0 Å². The third-order valence-electron chi connectivity index (χ3n) is 1.88. The molecule has 5 nitrogen and oxygen atoms in total. The van der Waals surface area contributed by atoms with Gasteiger partial charge in [-0.25, -0.2) is 4.98 Å². The number of fused-ring (bicyclic) bond motifs is 1. The summed E-state index contributed by atoms with van der Waals surface area (Å²) in [5, 5.41) is 0. The van der Waals surface area contributed by atoms with Gasteiger partial charge in [-0.15, -0.1) is 0 Å². The second kappa shape index (κ2) is 3.61. The van der Waals surface area contributed by atoms with Gasteiger partial charge >= 0.3 is 5.91 Å². The van der Waals surface area contributed by atoms with Crippen molar-refractivity contribution in [3.8, 4) is 5.75 Å². The summed E-state index contributed by atoms with van der Waals surface area (Å²) in [4.78, 5) is 14.7. The highest BCUT2D eigenvalue weighted by atomic mass is 16.5. The second-order valence-electron chi connectivity index (χ2n) is 2.95. The fourth-order valence-corrected chi connectivity index (χ4v) is 1.27. The molecule has 0 saturated heterocycles. The minimum atomic E-state index is -0.677. The number of carbonyl (C=O) groups is 1. The molecule has 0 radical (unpaired) electrons. The van der Waals surface area contributed by atoms with Crippen LogP contribution in [0, 0.1) is 0 Å². The second-order valence-corrected chi connectivity index (χ2v) is 2.95. The molecule has 1 aromatic heterocycles. The molecule has 5 heteroatoms. The summed E-state index contributed by atoms with van der Waals surface area (Å²) in [7, 11) is 0. The van der Waals surface area contributed by atoms with E-state index >= 15 is 0 Å². The Labute approximate surface area is 85.8 Å². The van der Waals surface area contributed by atoms with E-state index in [1.54, 1.807) is 18.2 Å². The molecular weight excluding hydrogens is 196 g/mol. The maximum absolute atomic E-state index is 10.8. The molecule has 1 aromatic carbocycles. The molecule has 1 heterocycles. The van der Waals surface area contributed by atoms with E-state index in [0.717, 1.165) is 0 Å². The largest absolute Gasteiger partial charge is 0.494 e. The quantitative estimate of drug-likeness (QED) is 0.821. The van der Waals surface area contributed by atoms with Crippen LogP contribution in [0.15, 0.2) is 22.6 Å². The molecule has 0 saturated carbocycles. The van der Waals surface area contributed by atoms with Crippen molar-refractivity contribution in [3.05, 3.63) is 24.1 Å². The number of nitrogens with two attached hydrogens (primary N) is 1. The zero-order valence-electron chi connectivity index (χ0n) is 8.19. The number of oxazole rings is 1. The molecule has 0 aliphatic carbocycles. The molecule has 1 amide bonds. The molecule has 78 valence electrons. The summed E-state index contributed by atoms with van der Waals surface area (Å²) in [5.74, 6) is -0.0834. The van der Waals surface area contributed by atoms with Crippen molar-refractivity contribution < 1.29 is 13.9 Å². The highest BCUT2D eigenvalue weighted by Gasteiger charge is 2.10. The van der Waals surface area contributed by atoms with Crippen LogP contribution in [0.25, 0.3) is 11.1 Å². The SMILES string of the molecule is CCOc1ccc2nc(C(N)=O)oc2c1. The topological polar surface area (TPSA) is 78.4 Å². The summed E-state index contributed by atoms with van der Waals surface area (Å²) in [6.07, 6.45) is 0. The highest BCUT2D eigenvalue weighted by Crippen LogP contribution is 2.21. The van der Waals surface area contributed by atoms with Crippen molar-refractivity contribution in [3.63, 3.8) is 0 Å². The number of primary amides is 1. The van der Waals surface area contributed by atoms with Crippen LogP contribution in [-0.2, 0) is 0 Å². The molecule has 2 aromatic rings. The Kier molecular flexibility index (Phi) is 2.29. The first-order chi connectivity index (χ1) is 7.20. The molecule has 0 aliphatic rings. The first kappa shape index (κ1) is 9.51. The van der Waals surface area contributed by atoms with Gasteiger partial charge < -0.3 is 14.9 Å². The molecule has 0 bridgehead atoms. The number of aromatic nitrogens is 1.